The van der Waals surface area contributed by atoms with Crippen molar-refractivity contribution in [2.45, 2.75) is 43.7 Å². The first-order valence-electron chi connectivity index (χ1n) is 12.0. The van der Waals surface area contributed by atoms with Crippen LogP contribution in [0.25, 0.3) is 11.1 Å². The molecular weight excluding hydrogens is 420 g/mol. The van der Waals surface area contributed by atoms with Crippen LogP contribution in [0.2, 0.25) is 0 Å². The smallest absolute Gasteiger partial charge is 0.410 e. The zero-order chi connectivity index (χ0) is 23.1. The van der Waals surface area contributed by atoms with Crippen molar-refractivity contribution < 1.29 is 9.53 Å². The molecule has 3 aliphatic rings. The van der Waals surface area contributed by atoms with Crippen LogP contribution in [0.4, 0.5) is 4.79 Å². The Hall–Kier alpha value is -3.84. The van der Waals surface area contributed by atoms with Crippen LogP contribution in [0.1, 0.15) is 47.4 Å². The molecule has 168 valence electrons. The molecule has 0 N–H and O–H groups in total. The van der Waals surface area contributed by atoms with Crippen molar-refractivity contribution in [1.82, 2.24) is 4.90 Å². The normalized spacial score (nSPS) is 20.3. The molecule has 2 bridgehead atoms. The van der Waals surface area contributed by atoms with Crippen LogP contribution in [0, 0.1) is 11.3 Å². The molecule has 2 unspecified atom stereocenters. The molecule has 1 amide bonds. The predicted molar refractivity (Wildman–Crippen MR) is 131 cm³/mol. The third kappa shape index (κ3) is 3.49. The molecule has 6 rings (SSSR count). The molecular formula is C30H26N2O2. The van der Waals surface area contributed by atoms with E-state index in [-0.39, 0.29) is 24.1 Å². The maximum absolute atomic E-state index is 13.2. The van der Waals surface area contributed by atoms with Gasteiger partial charge in [0.1, 0.15) is 6.61 Å². The molecule has 0 radical (unpaired) electrons. The van der Waals surface area contributed by atoms with E-state index in [0.29, 0.717) is 6.61 Å². The summed E-state index contributed by atoms with van der Waals surface area (Å²) in [6, 6.07) is 27.2. The third-order valence-electron chi connectivity index (χ3n) is 7.57. The van der Waals surface area contributed by atoms with Gasteiger partial charge in [0.2, 0.25) is 0 Å². The minimum Gasteiger partial charge on any atom is -0.448 e. The van der Waals surface area contributed by atoms with E-state index in [0.717, 1.165) is 36.8 Å². The summed E-state index contributed by atoms with van der Waals surface area (Å²) >= 11 is 0. The minimum atomic E-state index is -0.206. The molecule has 1 aliphatic carbocycles. The summed E-state index contributed by atoms with van der Waals surface area (Å²) in [5, 5.41) is 9.41. The highest BCUT2D eigenvalue weighted by Gasteiger charge is 2.41. The lowest BCUT2D eigenvalue weighted by molar-refractivity contribution is 0.0849. The number of ether oxygens (including phenoxy) is 1. The second-order valence-corrected chi connectivity index (χ2v) is 9.48. The predicted octanol–water partition coefficient (Wildman–Crippen LogP) is 6.21. The van der Waals surface area contributed by atoms with Gasteiger partial charge in [-0.25, -0.2) is 4.79 Å². The minimum absolute atomic E-state index is 0.0763. The van der Waals surface area contributed by atoms with Gasteiger partial charge in [-0.15, -0.1) is 0 Å². The van der Waals surface area contributed by atoms with Crippen molar-refractivity contribution in [2.24, 2.45) is 0 Å². The summed E-state index contributed by atoms with van der Waals surface area (Å²) in [7, 11) is 0. The molecule has 0 saturated carbocycles. The highest BCUT2D eigenvalue weighted by molar-refractivity contribution is 5.79. The van der Waals surface area contributed by atoms with Gasteiger partial charge < -0.3 is 4.74 Å². The summed E-state index contributed by atoms with van der Waals surface area (Å²) in [6.45, 7) is 0.356. The SMILES string of the molecule is N#Cc1ccccc1CC1=CC2CCC(C1)N2C(=O)OCC1c2ccccc2-c2ccccc21. The van der Waals surface area contributed by atoms with Gasteiger partial charge in [-0.2, -0.15) is 5.26 Å². The van der Waals surface area contributed by atoms with Gasteiger partial charge in [-0.05, 0) is 59.6 Å². The zero-order valence-corrected chi connectivity index (χ0v) is 19.0. The molecule has 34 heavy (non-hydrogen) atoms. The van der Waals surface area contributed by atoms with Gasteiger partial charge in [-0.1, -0.05) is 78.4 Å². The Balaban J connectivity index is 1.17. The van der Waals surface area contributed by atoms with Gasteiger partial charge in [0.15, 0.2) is 0 Å². The first-order chi connectivity index (χ1) is 16.7. The first-order valence-corrected chi connectivity index (χ1v) is 12.0. The second kappa shape index (κ2) is 8.50. The zero-order valence-electron chi connectivity index (χ0n) is 19.0. The van der Waals surface area contributed by atoms with Crippen molar-refractivity contribution in [3.8, 4) is 17.2 Å². The third-order valence-corrected chi connectivity index (χ3v) is 7.57. The fourth-order valence-corrected chi connectivity index (χ4v) is 6.03. The van der Waals surface area contributed by atoms with E-state index in [1.165, 1.54) is 27.8 Å². The number of carbonyl (C=O) groups is 1. The Morgan fingerprint density at radius 2 is 1.62 bits per heavy atom. The maximum atomic E-state index is 13.2. The Morgan fingerprint density at radius 1 is 0.941 bits per heavy atom. The Labute approximate surface area is 200 Å². The van der Waals surface area contributed by atoms with E-state index < -0.39 is 0 Å². The molecule has 0 spiro atoms. The van der Waals surface area contributed by atoms with Crippen LogP contribution >= 0.6 is 0 Å². The van der Waals surface area contributed by atoms with Gasteiger partial charge >= 0.3 is 6.09 Å². The quantitative estimate of drug-likeness (QED) is 0.448. The Kier molecular flexibility index (Phi) is 5.19. The fourth-order valence-electron chi connectivity index (χ4n) is 6.03. The fraction of sp³-hybridized carbons (Fsp3) is 0.267. The van der Waals surface area contributed by atoms with Gasteiger partial charge in [0, 0.05) is 12.0 Å². The molecule has 1 fully saturated rings. The van der Waals surface area contributed by atoms with E-state index in [2.05, 4.69) is 60.7 Å². The highest BCUT2D eigenvalue weighted by atomic mass is 16.6. The summed E-state index contributed by atoms with van der Waals surface area (Å²) in [5.41, 5.74) is 8.05. The van der Waals surface area contributed by atoms with Crippen LogP contribution in [0.15, 0.2) is 84.4 Å². The molecule has 4 heteroatoms. The van der Waals surface area contributed by atoms with E-state index in [9.17, 15) is 10.1 Å². The average Bonchev–Trinajstić information content (AvgIpc) is 3.34. The monoisotopic (exact) mass is 446 g/mol. The van der Waals surface area contributed by atoms with Crippen molar-refractivity contribution in [3.05, 3.63) is 107 Å². The lowest BCUT2D eigenvalue weighted by Gasteiger charge is -2.33. The van der Waals surface area contributed by atoms with Crippen LogP contribution in [0.5, 0.6) is 0 Å². The molecule has 2 aliphatic heterocycles. The highest BCUT2D eigenvalue weighted by Crippen LogP contribution is 2.45. The van der Waals surface area contributed by atoms with E-state index in [1.807, 2.05) is 29.2 Å². The van der Waals surface area contributed by atoms with Crippen LogP contribution < -0.4 is 0 Å². The van der Waals surface area contributed by atoms with Crippen molar-refractivity contribution in [3.63, 3.8) is 0 Å². The topological polar surface area (TPSA) is 53.3 Å². The van der Waals surface area contributed by atoms with E-state index >= 15 is 0 Å². The second-order valence-electron chi connectivity index (χ2n) is 9.48. The number of nitriles is 1. The molecule has 4 nitrogen and oxygen atoms in total. The summed E-state index contributed by atoms with van der Waals surface area (Å²) in [5.74, 6) is 0.0763. The number of nitrogens with zero attached hydrogens (tertiary/aromatic N) is 2. The van der Waals surface area contributed by atoms with Crippen LogP contribution in [-0.4, -0.2) is 29.7 Å². The number of hydrogen-bond acceptors (Lipinski definition) is 3. The maximum Gasteiger partial charge on any atom is 0.410 e. The summed E-state index contributed by atoms with van der Waals surface area (Å²) < 4.78 is 5.96. The molecule has 1 saturated heterocycles. The van der Waals surface area contributed by atoms with Crippen molar-refractivity contribution in [2.75, 3.05) is 6.61 Å². The van der Waals surface area contributed by atoms with Gasteiger partial charge in [-0.3, -0.25) is 4.90 Å². The summed E-state index contributed by atoms with van der Waals surface area (Å²) in [4.78, 5) is 15.2. The van der Waals surface area contributed by atoms with Crippen LogP contribution in [0.3, 0.4) is 0 Å². The molecule has 2 atom stereocenters. The lowest BCUT2D eigenvalue weighted by Crippen LogP contribution is -2.44. The van der Waals surface area contributed by atoms with E-state index in [1.54, 1.807) is 0 Å². The first kappa shape index (κ1) is 20.7. The number of benzene rings is 3. The van der Waals surface area contributed by atoms with Gasteiger partial charge in [0.05, 0.1) is 17.7 Å². The van der Waals surface area contributed by atoms with E-state index in [4.69, 9.17) is 4.74 Å². The standard InChI is InChI=1S/C30H26N2O2/c31-18-22-8-2-1-7-21(22)15-20-16-23-13-14-24(17-20)32(23)30(33)34-19-29-27-11-5-3-9-25(27)26-10-4-6-12-28(26)29/h1-12,16,23-24,29H,13-15,17,19H2. The molecule has 3 aromatic carbocycles. The number of hydrogen-bond donors (Lipinski definition) is 0. The lowest BCUT2D eigenvalue weighted by atomic mass is 9.93. The molecule has 2 heterocycles. The number of fused-ring (bicyclic) bond motifs is 5. The van der Waals surface area contributed by atoms with Gasteiger partial charge in [0.25, 0.3) is 0 Å². The number of amides is 1. The number of carbonyl (C=O) groups excluding carboxylic acids is 1. The average molecular weight is 447 g/mol. The van der Waals surface area contributed by atoms with Crippen molar-refractivity contribution >= 4 is 6.09 Å². The molecule has 3 aromatic rings. The Morgan fingerprint density at radius 3 is 2.32 bits per heavy atom. The van der Waals surface area contributed by atoms with Crippen molar-refractivity contribution in [1.29, 1.82) is 5.26 Å². The van der Waals surface area contributed by atoms with Crippen LogP contribution in [-0.2, 0) is 11.2 Å². The Bertz CT molecular complexity index is 1290. The largest absolute Gasteiger partial charge is 0.448 e. The number of rotatable bonds is 4. The summed E-state index contributed by atoms with van der Waals surface area (Å²) in [6.07, 6.45) is 5.61. The molecule has 0 aromatic heterocycles.